The number of carbonyl (C=O) groups excluding carboxylic acids is 1. The van der Waals surface area contributed by atoms with Crippen LogP contribution in [-0.2, 0) is 21.0 Å². The van der Waals surface area contributed by atoms with Crippen molar-refractivity contribution in [3.8, 4) is 0 Å². The molecule has 0 N–H and O–H groups in total. The molecule has 0 spiro atoms. The van der Waals surface area contributed by atoms with Gasteiger partial charge in [-0.05, 0) is 30.7 Å². The van der Waals surface area contributed by atoms with Gasteiger partial charge in [-0.25, -0.2) is 0 Å². The zero-order valence-corrected chi connectivity index (χ0v) is 12.8. The molecule has 1 heterocycles. The molecule has 0 radical (unpaired) electrons. The van der Waals surface area contributed by atoms with Crippen LogP contribution in [0.2, 0.25) is 0 Å². The largest absolute Gasteiger partial charge is 0.377 e. The molecule has 0 aromatic heterocycles. The molecule has 1 saturated heterocycles. The first kappa shape index (κ1) is 16.0. The van der Waals surface area contributed by atoms with Crippen LogP contribution in [0.25, 0.3) is 0 Å². The monoisotopic (exact) mass is 291 g/mol. The van der Waals surface area contributed by atoms with Crippen molar-refractivity contribution in [2.75, 3.05) is 19.7 Å². The summed E-state index contributed by atoms with van der Waals surface area (Å²) in [5.74, 6) is 0.539. The Hall–Kier alpha value is -1.39. The average Bonchev–Trinajstić information content (AvgIpc) is 2.54. The molecule has 1 aromatic carbocycles. The van der Waals surface area contributed by atoms with E-state index in [1.807, 2.05) is 25.1 Å². The normalized spacial score (nSPS) is 16.8. The van der Waals surface area contributed by atoms with Gasteiger partial charge in [-0.2, -0.15) is 0 Å². The molecule has 4 heteroatoms. The summed E-state index contributed by atoms with van der Waals surface area (Å²) >= 11 is 0. The Morgan fingerprint density at radius 3 is 2.62 bits per heavy atom. The Morgan fingerprint density at radius 1 is 1.24 bits per heavy atom. The second-order valence-electron chi connectivity index (χ2n) is 5.52. The molecule has 0 bridgehead atoms. The summed E-state index contributed by atoms with van der Waals surface area (Å²) in [4.78, 5) is 16.5. The van der Waals surface area contributed by atoms with Crippen molar-refractivity contribution in [1.29, 1.82) is 0 Å². The molecule has 0 unspecified atom stereocenters. The molecule has 0 aliphatic carbocycles. The van der Waals surface area contributed by atoms with Crippen LogP contribution in [0.4, 0.5) is 0 Å². The van der Waals surface area contributed by atoms with Crippen LogP contribution in [0.5, 0.6) is 0 Å². The molecule has 21 heavy (non-hydrogen) atoms. The van der Waals surface area contributed by atoms with E-state index in [2.05, 4.69) is 12.1 Å². The molecule has 1 fully saturated rings. The first-order valence-electron chi connectivity index (χ1n) is 7.85. The number of hydrogen-bond acceptors (Lipinski definition) is 4. The lowest BCUT2D eigenvalue weighted by Crippen LogP contribution is -2.35. The fourth-order valence-electron chi connectivity index (χ4n) is 2.51. The summed E-state index contributed by atoms with van der Waals surface area (Å²) < 4.78 is 5.73. The van der Waals surface area contributed by atoms with E-state index >= 15 is 0 Å². The summed E-state index contributed by atoms with van der Waals surface area (Å²) in [6.07, 6.45) is 3.67. The average molecular weight is 291 g/mol. The molecule has 0 atom stereocenters. The van der Waals surface area contributed by atoms with Gasteiger partial charge in [0.25, 0.3) is 0 Å². The van der Waals surface area contributed by atoms with Gasteiger partial charge in [0, 0.05) is 26.1 Å². The van der Waals surface area contributed by atoms with Crippen LogP contribution >= 0.6 is 0 Å². The van der Waals surface area contributed by atoms with Crippen LogP contribution in [0, 0.1) is 5.92 Å². The smallest absolute Gasteiger partial charge is 0.324 e. The first-order chi connectivity index (χ1) is 10.3. The third kappa shape index (κ3) is 5.86. The van der Waals surface area contributed by atoms with E-state index < -0.39 is 0 Å². The van der Waals surface area contributed by atoms with Crippen LogP contribution in [0.1, 0.15) is 38.2 Å². The van der Waals surface area contributed by atoms with Gasteiger partial charge in [0.05, 0.1) is 6.61 Å². The molecule has 1 aromatic rings. The zero-order chi connectivity index (χ0) is 14.9. The van der Waals surface area contributed by atoms with E-state index in [4.69, 9.17) is 9.57 Å². The van der Waals surface area contributed by atoms with E-state index in [0.717, 1.165) is 39.0 Å². The molecule has 116 valence electrons. The van der Waals surface area contributed by atoms with Gasteiger partial charge in [0.15, 0.2) is 0 Å². The van der Waals surface area contributed by atoms with Crippen LogP contribution in [0.15, 0.2) is 30.3 Å². The van der Waals surface area contributed by atoms with Crippen molar-refractivity contribution in [2.24, 2.45) is 5.92 Å². The molecule has 2 rings (SSSR count). The van der Waals surface area contributed by atoms with E-state index in [1.165, 1.54) is 5.56 Å². The Kier molecular flexibility index (Phi) is 6.70. The minimum Gasteiger partial charge on any atom is -0.377 e. The molecular weight excluding hydrogens is 266 g/mol. The quantitative estimate of drug-likeness (QED) is 0.723. The Morgan fingerprint density at radius 2 is 1.95 bits per heavy atom. The number of benzene rings is 1. The maximum absolute atomic E-state index is 11.2. The zero-order valence-electron chi connectivity index (χ0n) is 12.8. The van der Waals surface area contributed by atoms with Crippen molar-refractivity contribution in [3.05, 3.63) is 35.9 Å². The molecule has 4 nitrogen and oxygen atoms in total. The van der Waals surface area contributed by atoms with Gasteiger partial charge in [-0.1, -0.05) is 37.3 Å². The molecule has 0 saturated carbocycles. The van der Waals surface area contributed by atoms with E-state index in [9.17, 15) is 4.79 Å². The Labute approximate surface area is 127 Å². The molecule has 1 aliphatic heterocycles. The van der Waals surface area contributed by atoms with Crippen molar-refractivity contribution in [2.45, 2.75) is 39.2 Å². The summed E-state index contributed by atoms with van der Waals surface area (Å²) in [5.41, 5.74) is 1.22. The highest BCUT2D eigenvalue weighted by Gasteiger charge is 2.21. The van der Waals surface area contributed by atoms with Gasteiger partial charge in [-0.15, -0.1) is 5.06 Å². The minimum absolute atomic E-state index is 0.139. The third-order valence-corrected chi connectivity index (χ3v) is 3.88. The van der Waals surface area contributed by atoms with Crippen molar-refractivity contribution >= 4 is 5.97 Å². The molecule has 0 amide bonds. The van der Waals surface area contributed by atoms with Gasteiger partial charge in [0.1, 0.15) is 0 Å². The number of carbonyl (C=O) groups is 1. The van der Waals surface area contributed by atoms with Gasteiger partial charge < -0.3 is 9.57 Å². The summed E-state index contributed by atoms with van der Waals surface area (Å²) in [5, 5.41) is 1.80. The highest BCUT2D eigenvalue weighted by Crippen LogP contribution is 2.21. The fraction of sp³-hybridized carbons (Fsp3) is 0.588. The topological polar surface area (TPSA) is 38.8 Å². The summed E-state index contributed by atoms with van der Waals surface area (Å²) in [6, 6.07) is 10.3. The Balaban J connectivity index is 1.56. The van der Waals surface area contributed by atoms with Crippen molar-refractivity contribution in [3.63, 3.8) is 0 Å². The number of hydroxylamine groups is 2. The lowest BCUT2D eigenvalue weighted by molar-refractivity contribution is -0.196. The lowest BCUT2D eigenvalue weighted by atomic mass is 9.95. The number of hydrogen-bond donors (Lipinski definition) is 0. The second kappa shape index (κ2) is 8.80. The minimum atomic E-state index is -0.139. The van der Waals surface area contributed by atoms with Crippen molar-refractivity contribution in [1.82, 2.24) is 5.06 Å². The maximum atomic E-state index is 11.2. The summed E-state index contributed by atoms with van der Waals surface area (Å²) in [7, 11) is 0. The standard InChI is InChI=1S/C17H25NO3/c1-2-17(19)21-18-11-8-15(9-12-18)10-13-20-14-16-6-4-3-5-7-16/h3-7,15H,2,8-14H2,1H3. The SMILES string of the molecule is CCC(=O)ON1CCC(CCOCc2ccccc2)CC1. The van der Waals surface area contributed by atoms with E-state index in [-0.39, 0.29) is 5.97 Å². The number of ether oxygens (including phenoxy) is 1. The molecule has 1 aliphatic rings. The van der Waals surface area contributed by atoms with Gasteiger partial charge in [0.2, 0.25) is 0 Å². The second-order valence-corrected chi connectivity index (χ2v) is 5.52. The van der Waals surface area contributed by atoms with E-state index in [0.29, 0.717) is 18.9 Å². The number of rotatable bonds is 7. The van der Waals surface area contributed by atoms with Gasteiger partial charge in [-0.3, -0.25) is 4.79 Å². The van der Waals surface area contributed by atoms with Gasteiger partial charge >= 0.3 is 5.97 Å². The number of piperidine rings is 1. The van der Waals surface area contributed by atoms with Crippen LogP contribution < -0.4 is 0 Å². The highest BCUT2D eigenvalue weighted by atomic mass is 16.7. The number of nitrogens with zero attached hydrogens (tertiary/aromatic N) is 1. The van der Waals surface area contributed by atoms with Crippen LogP contribution in [-0.4, -0.2) is 30.7 Å². The highest BCUT2D eigenvalue weighted by molar-refractivity contribution is 5.68. The van der Waals surface area contributed by atoms with Crippen LogP contribution in [0.3, 0.4) is 0 Å². The first-order valence-corrected chi connectivity index (χ1v) is 7.85. The lowest BCUT2D eigenvalue weighted by Gasteiger charge is -2.30. The molecular formula is C17H25NO3. The van der Waals surface area contributed by atoms with Crippen molar-refractivity contribution < 1.29 is 14.4 Å². The van der Waals surface area contributed by atoms with E-state index in [1.54, 1.807) is 5.06 Å². The predicted octanol–water partition coefficient (Wildman–Crippen LogP) is 3.17. The third-order valence-electron chi connectivity index (χ3n) is 3.88. The fourth-order valence-corrected chi connectivity index (χ4v) is 2.51. The predicted molar refractivity (Wildman–Crippen MR) is 81.4 cm³/mol. The maximum Gasteiger partial charge on any atom is 0.324 e. The Bertz CT molecular complexity index is 413. The summed E-state index contributed by atoms with van der Waals surface area (Å²) in [6.45, 7) is 4.99.